The zero-order chi connectivity index (χ0) is 47.6. The first-order chi connectivity index (χ1) is 33.6. The summed E-state index contributed by atoms with van der Waals surface area (Å²) in [5, 5.41) is 4.90. The number of rotatable bonds is 11. The number of hydrogen-bond donors (Lipinski definition) is 3. The van der Waals surface area contributed by atoms with E-state index < -0.39 is 24.3 Å². The van der Waals surface area contributed by atoms with Gasteiger partial charge in [0.1, 0.15) is 30.3 Å². The Morgan fingerprint density at radius 2 is 1.28 bits per heavy atom. The smallest absolute Gasteiger partial charge is 0.411 e. The van der Waals surface area contributed by atoms with E-state index in [0.717, 1.165) is 98.4 Å². The quantitative estimate of drug-likeness (QED) is 0.115. The second kappa shape index (κ2) is 19.5. The minimum Gasteiger partial charge on any atom is -0.453 e. The highest BCUT2D eigenvalue weighted by atomic mass is 16.6. The van der Waals surface area contributed by atoms with Crippen LogP contribution >= 0.6 is 0 Å². The van der Waals surface area contributed by atoms with Crippen molar-refractivity contribution in [1.29, 1.82) is 0 Å². The van der Waals surface area contributed by atoms with E-state index in [2.05, 4.69) is 75.9 Å². The number of nitrogens with one attached hydrogen (secondary N) is 3. The first-order valence-corrected chi connectivity index (χ1v) is 23.9. The normalized spacial score (nSPS) is 18.3. The van der Waals surface area contributed by atoms with Crippen LogP contribution in [0, 0.1) is 5.92 Å². The monoisotopic (exact) mass is 924 g/mol. The van der Waals surface area contributed by atoms with Crippen molar-refractivity contribution in [3.05, 3.63) is 156 Å². The van der Waals surface area contributed by atoms with Crippen molar-refractivity contribution >= 4 is 34.8 Å². The largest absolute Gasteiger partial charge is 0.453 e. The highest BCUT2D eigenvalue weighted by Gasteiger charge is 2.43. The lowest BCUT2D eigenvalue weighted by Crippen LogP contribution is -2.51. The molecule has 0 saturated carbocycles. The van der Waals surface area contributed by atoms with E-state index in [9.17, 15) is 19.2 Å². The Kier molecular flexibility index (Phi) is 12.7. The number of ether oxygens (including phenoxy) is 2. The second-order valence-electron chi connectivity index (χ2n) is 18.5. The minimum atomic E-state index is -0.792. The van der Waals surface area contributed by atoms with Crippen LogP contribution in [0.4, 0.5) is 9.59 Å². The Hall–Kier alpha value is -7.74. The lowest BCUT2D eigenvalue weighted by molar-refractivity contribution is -0.138. The van der Waals surface area contributed by atoms with E-state index in [1.54, 1.807) is 4.90 Å². The third-order valence-corrected chi connectivity index (χ3v) is 13.9. The molecule has 4 atom stereocenters. The molecule has 2 saturated heterocycles. The number of amides is 4. The van der Waals surface area contributed by atoms with Crippen molar-refractivity contribution in [2.45, 2.75) is 76.7 Å². The third kappa shape index (κ3) is 9.18. The predicted molar refractivity (Wildman–Crippen MR) is 262 cm³/mol. The molecule has 69 heavy (non-hydrogen) atoms. The van der Waals surface area contributed by atoms with Crippen molar-refractivity contribution in [2.24, 2.45) is 5.92 Å². The number of carbonyl (C=O) groups excluding carboxylic acids is 4. The molecule has 352 valence electrons. The van der Waals surface area contributed by atoms with Crippen LogP contribution < -0.4 is 5.32 Å². The molecule has 3 N–H and O–H groups in total. The fraction of sp³-hybridized carbons (Fsp3) is 0.309. The summed E-state index contributed by atoms with van der Waals surface area (Å²) in [6.07, 6.45) is 6.39. The van der Waals surface area contributed by atoms with Gasteiger partial charge in [0.05, 0.1) is 43.0 Å². The zero-order valence-electron chi connectivity index (χ0n) is 39.1. The van der Waals surface area contributed by atoms with Gasteiger partial charge in [0.15, 0.2) is 0 Å². The number of H-pyrrole nitrogens is 2. The molecule has 0 spiro atoms. The van der Waals surface area contributed by atoms with Crippen molar-refractivity contribution in [2.75, 3.05) is 26.7 Å². The van der Waals surface area contributed by atoms with Gasteiger partial charge in [-0.25, -0.2) is 19.6 Å². The van der Waals surface area contributed by atoms with Gasteiger partial charge in [-0.1, -0.05) is 117 Å². The van der Waals surface area contributed by atoms with Crippen LogP contribution in [0.1, 0.15) is 86.0 Å². The number of aromatic amines is 2. The van der Waals surface area contributed by atoms with Gasteiger partial charge in [-0.2, -0.15) is 0 Å². The predicted octanol–water partition coefficient (Wildman–Crippen LogP) is 9.93. The highest BCUT2D eigenvalue weighted by Crippen LogP contribution is 2.39. The molecule has 14 heteroatoms. The molecule has 0 radical (unpaired) electrons. The number of likely N-dealkylation sites (tertiary alicyclic amines) is 2. The van der Waals surface area contributed by atoms with Crippen molar-refractivity contribution in [3.8, 4) is 33.6 Å². The Bertz CT molecular complexity index is 3000. The summed E-state index contributed by atoms with van der Waals surface area (Å²) in [4.78, 5) is 75.9. The number of carbonyl (C=O) groups is 4. The second-order valence-corrected chi connectivity index (χ2v) is 18.5. The van der Waals surface area contributed by atoms with Crippen LogP contribution in [0.3, 0.4) is 0 Å². The summed E-state index contributed by atoms with van der Waals surface area (Å²) in [5.74, 6) is 1.08. The van der Waals surface area contributed by atoms with Crippen LogP contribution in [-0.4, -0.2) is 91.4 Å². The summed E-state index contributed by atoms with van der Waals surface area (Å²) in [6.45, 7) is 5.50. The Morgan fingerprint density at radius 1 is 0.681 bits per heavy atom. The number of benzene rings is 5. The van der Waals surface area contributed by atoms with Crippen LogP contribution in [0.25, 0.3) is 44.4 Å². The van der Waals surface area contributed by atoms with Gasteiger partial charge >= 0.3 is 12.2 Å². The number of imidazole rings is 2. The summed E-state index contributed by atoms with van der Waals surface area (Å²) in [6, 6.07) is 36.7. The van der Waals surface area contributed by atoms with E-state index in [4.69, 9.17) is 19.4 Å². The molecular formula is C55H56N8O6. The van der Waals surface area contributed by atoms with Crippen molar-refractivity contribution < 1.29 is 28.7 Å². The molecule has 3 aliphatic heterocycles. The highest BCUT2D eigenvalue weighted by molar-refractivity contribution is 5.91. The molecular weight excluding hydrogens is 869 g/mol. The molecule has 0 aliphatic carbocycles. The Labute approximate surface area is 401 Å². The van der Waals surface area contributed by atoms with E-state index in [1.807, 2.05) is 90.6 Å². The van der Waals surface area contributed by atoms with Gasteiger partial charge in [0.25, 0.3) is 5.91 Å². The number of alkyl carbamates (subject to hydrolysis) is 1. The summed E-state index contributed by atoms with van der Waals surface area (Å²) >= 11 is 0. The van der Waals surface area contributed by atoms with E-state index in [0.29, 0.717) is 26.1 Å². The molecule has 5 aromatic carbocycles. The van der Waals surface area contributed by atoms with Gasteiger partial charge in [-0.3, -0.25) is 14.5 Å². The topological polar surface area (TPSA) is 166 Å². The summed E-state index contributed by atoms with van der Waals surface area (Å²) in [5.41, 5.74) is 8.66. The first-order valence-electron chi connectivity index (χ1n) is 23.9. The molecule has 2 fully saturated rings. The molecule has 7 aromatic rings. The number of fused-ring (bicyclic) bond motifs is 2. The molecule has 5 heterocycles. The lowest BCUT2D eigenvalue weighted by Gasteiger charge is -2.38. The van der Waals surface area contributed by atoms with Crippen molar-refractivity contribution in [3.63, 3.8) is 0 Å². The Balaban J connectivity index is 0.811. The minimum absolute atomic E-state index is 0.110. The lowest BCUT2D eigenvalue weighted by atomic mass is 9.92. The maximum Gasteiger partial charge on any atom is 0.411 e. The van der Waals surface area contributed by atoms with Crippen molar-refractivity contribution in [1.82, 2.24) is 40.0 Å². The standard InChI is InChI=1S/C55H56N8O6/c1-34(2)48(60-54(66)68-3)52(64)61-26-9-15-46(61)50-57-32-45(59-50)42-24-23-40-29-39(21-22-41(40)30-42)36-17-19-38(20-18-36)44-31-56-51(58-44)47-16-10-27-62(47)53(65)49-43-14-8-7-13-37(43)25-28-63(49)55(67)69-33-35-11-5-4-6-12-35/h4-8,11-14,17-24,29-32,34,46-49H,9-10,15-16,25-28,33H2,1-3H3,(H,56,58)(H,57,59)(H,60,66)/t46-,47-,48-,49+/m0/s1. The number of hydrogen-bond acceptors (Lipinski definition) is 8. The van der Waals surface area contributed by atoms with Gasteiger partial charge in [-0.15, -0.1) is 0 Å². The third-order valence-electron chi connectivity index (χ3n) is 13.9. The zero-order valence-corrected chi connectivity index (χ0v) is 39.1. The fourth-order valence-corrected chi connectivity index (χ4v) is 10.2. The molecule has 4 amide bonds. The van der Waals surface area contributed by atoms with E-state index in [1.165, 1.54) is 7.11 Å². The summed E-state index contributed by atoms with van der Waals surface area (Å²) in [7, 11) is 1.29. The first kappa shape index (κ1) is 45.1. The number of nitrogens with zero attached hydrogens (tertiary/aromatic N) is 5. The molecule has 0 unspecified atom stereocenters. The summed E-state index contributed by atoms with van der Waals surface area (Å²) < 4.78 is 10.6. The van der Waals surface area contributed by atoms with Crippen LogP contribution in [-0.2, 0) is 32.1 Å². The number of methoxy groups -OCH3 is 1. The van der Waals surface area contributed by atoms with E-state index in [-0.39, 0.29) is 36.4 Å². The van der Waals surface area contributed by atoms with Crippen LogP contribution in [0.15, 0.2) is 128 Å². The van der Waals surface area contributed by atoms with Gasteiger partial charge in [0, 0.05) is 25.2 Å². The maximum absolute atomic E-state index is 14.7. The number of aromatic nitrogens is 4. The molecule has 0 bridgehead atoms. The Morgan fingerprint density at radius 3 is 1.97 bits per heavy atom. The fourth-order valence-electron chi connectivity index (χ4n) is 10.2. The van der Waals surface area contributed by atoms with Crippen LogP contribution in [0.2, 0.25) is 0 Å². The molecule has 14 nitrogen and oxygen atoms in total. The molecule has 10 rings (SSSR count). The van der Waals surface area contributed by atoms with Gasteiger partial charge in [0.2, 0.25) is 5.91 Å². The van der Waals surface area contributed by atoms with E-state index >= 15 is 0 Å². The average molecular weight is 925 g/mol. The van der Waals surface area contributed by atoms with Crippen LogP contribution in [0.5, 0.6) is 0 Å². The molecule has 3 aliphatic rings. The SMILES string of the molecule is COC(=O)N[C@H](C(=O)N1CCC[C@H]1c1ncc(-c2ccc3cc(-c4ccc(-c5cnc([C@@H]6CCCN6C(=O)[C@H]6c7ccccc7CCN6C(=O)OCc6ccccc6)[nH]5)cc4)ccc3c2)[nH]1)C(C)C. The molecule has 2 aromatic heterocycles. The van der Waals surface area contributed by atoms with Gasteiger partial charge in [-0.05, 0) is 94.3 Å². The maximum atomic E-state index is 14.7. The van der Waals surface area contributed by atoms with Gasteiger partial charge < -0.3 is 34.6 Å². The average Bonchev–Trinajstić information content (AvgIpc) is 4.24.